The van der Waals surface area contributed by atoms with E-state index in [1.165, 1.54) is 12.8 Å². The van der Waals surface area contributed by atoms with Gasteiger partial charge in [0.15, 0.2) is 11.6 Å². The van der Waals surface area contributed by atoms with E-state index in [0.717, 1.165) is 12.5 Å². The molecule has 1 aromatic carbocycles. The smallest absolute Gasteiger partial charge is 0.162 e. The molecule has 0 spiro atoms. The lowest BCUT2D eigenvalue weighted by atomic mass is 9.87. The van der Waals surface area contributed by atoms with Gasteiger partial charge in [-0.05, 0) is 36.3 Å². The van der Waals surface area contributed by atoms with Crippen LogP contribution in [0.15, 0.2) is 18.2 Å². The van der Waals surface area contributed by atoms with Crippen molar-refractivity contribution in [2.75, 3.05) is 0 Å². The first kappa shape index (κ1) is 12.5. The Bertz CT molecular complexity index is 392. The number of halogens is 2. The molecule has 3 atom stereocenters. The monoisotopic (exact) mass is 239 g/mol. The zero-order valence-electron chi connectivity index (χ0n) is 10.1. The van der Waals surface area contributed by atoms with Crippen molar-refractivity contribution in [3.63, 3.8) is 0 Å². The highest BCUT2D eigenvalue weighted by Crippen LogP contribution is 2.34. The fourth-order valence-corrected chi connectivity index (χ4v) is 2.92. The summed E-state index contributed by atoms with van der Waals surface area (Å²) in [6.45, 7) is 2.19. The molecule has 17 heavy (non-hydrogen) atoms. The predicted molar refractivity (Wildman–Crippen MR) is 64.5 cm³/mol. The first-order chi connectivity index (χ1) is 8.09. The lowest BCUT2D eigenvalue weighted by Crippen LogP contribution is -2.34. The average molecular weight is 239 g/mol. The van der Waals surface area contributed by atoms with E-state index < -0.39 is 11.6 Å². The van der Waals surface area contributed by atoms with Crippen LogP contribution in [0.1, 0.15) is 31.7 Å². The molecule has 0 radical (unpaired) electrons. The van der Waals surface area contributed by atoms with Crippen molar-refractivity contribution >= 4 is 0 Å². The molecule has 1 aliphatic rings. The Labute approximate surface area is 101 Å². The van der Waals surface area contributed by atoms with Crippen LogP contribution in [-0.4, -0.2) is 6.04 Å². The Hall–Kier alpha value is -0.960. The van der Waals surface area contributed by atoms with Crippen molar-refractivity contribution in [2.24, 2.45) is 17.6 Å². The topological polar surface area (TPSA) is 26.0 Å². The van der Waals surface area contributed by atoms with Gasteiger partial charge in [-0.1, -0.05) is 31.9 Å². The quantitative estimate of drug-likeness (QED) is 0.860. The number of rotatable bonds is 3. The second-order valence-electron chi connectivity index (χ2n) is 5.15. The molecule has 2 rings (SSSR count). The molecule has 1 fully saturated rings. The van der Waals surface area contributed by atoms with Crippen molar-refractivity contribution in [1.29, 1.82) is 0 Å². The maximum Gasteiger partial charge on any atom is 0.162 e. The second kappa shape index (κ2) is 5.13. The molecular formula is C14H19F2N. The van der Waals surface area contributed by atoms with Gasteiger partial charge in [0.1, 0.15) is 0 Å². The van der Waals surface area contributed by atoms with E-state index in [0.29, 0.717) is 23.8 Å². The molecule has 0 heterocycles. The van der Waals surface area contributed by atoms with Gasteiger partial charge in [-0.15, -0.1) is 0 Å². The third-order valence-electron chi connectivity index (χ3n) is 3.96. The maximum absolute atomic E-state index is 13.5. The Balaban J connectivity index is 2.07. The lowest BCUT2D eigenvalue weighted by Gasteiger charge is -2.23. The zero-order valence-corrected chi connectivity index (χ0v) is 10.1. The second-order valence-corrected chi connectivity index (χ2v) is 5.15. The van der Waals surface area contributed by atoms with Gasteiger partial charge >= 0.3 is 0 Å². The molecule has 3 heteroatoms. The normalized spacial score (nSPS) is 26.1. The SMILES string of the molecule is CC1CCCC1C(N)Cc1cccc(F)c1F. The number of benzene rings is 1. The third kappa shape index (κ3) is 2.65. The molecule has 1 nitrogen and oxygen atoms in total. The zero-order chi connectivity index (χ0) is 12.4. The van der Waals surface area contributed by atoms with Crippen LogP contribution in [-0.2, 0) is 6.42 Å². The van der Waals surface area contributed by atoms with Gasteiger partial charge < -0.3 is 5.73 Å². The largest absolute Gasteiger partial charge is 0.327 e. The Morgan fingerprint density at radius 2 is 2.12 bits per heavy atom. The number of hydrogen-bond donors (Lipinski definition) is 1. The summed E-state index contributed by atoms with van der Waals surface area (Å²) in [5.41, 5.74) is 6.53. The van der Waals surface area contributed by atoms with E-state index in [-0.39, 0.29) is 6.04 Å². The molecule has 1 saturated carbocycles. The van der Waals surface area contributed by atoms with E-state index in [9.17, 15) is 8.78 Å². The molecule has 0 aliphatic heterocycles. The van der Waals surface area contributed by atoms with Gasteiger partial charge in [-0.2, -0.15) is 0 Å². The fraction of sp³-hybridized carbons (Fsp3) is 0.571. The van der Waals surface area contributed by atoms with Crippen molar-refractivity contribution in [1.82, 2.24) is 0 Å². The van der Waals surface area contributed by atoms with Gasteiger partial charge in [0.2, 0.25) is 0 Å². The van der Waals surface area contributed by atoms with Crippen LogP contribution >= 0.6 is 0 Å². The summed E-state index contributed by atoms with van der Waals surface area (Å²) in [4.78, 5) is 0. The van der Waals surface area contributed by atoms with Gasteiger partial charge in [-0.25, -0.2) is 8.78 Å². The molecule has 0 amide bonds. The number of nitrogens with two attached hydrogens (primary N) is 1. The van der Waals surface area contributed by atoms with Gasteiger partial charge in [0.05, 0.1) is 0 Å². The van der Waals surface area contributed by atoms with Crippen molar-refractivity contribution in [2.45, 2.75) is 38.6 Å². The molecule has 0 bridgehead atoms. The lowest BCUT2D eigenvalue weighted by molar-refractivity contribution is 0.340. The van der Waals surface area contributed by atoms with Crippen LogP contribution in [0.25, 0.3) is 0 Å². The Morgan fingerprint density at radius 3 is 2.76 bits per heavy atom. The highest BCUT2D eigenvalue weighted by Gasteiger charge is 2.29. The summed E-state index contributed by atoms with van der Waals surface area (Å²) in [5, 5.41) is 0. The summed E-state index contributed by atoms with van der Waals surface area (Å²) >= 11 is 0. The summed E-state index contributed by atoms with van der Waals surface area (Å²) in [5.74, 6) is -0.484. The van der Waals surface area contributed by atoms with Crippen LogP contribution in [0.5, 0.6) is 0 Å². The first-order valence-corrected chi connectivity index (χ1v) is 6.28. The van der Waals surface area contributed by atoms with E-state index in [1.54, 1.807) is 12.1 Å². The highest BCUT2D eigenvalue weighted by atomic mass is 19.2. The summed E-state index contributed by atoms with van der Waals surface area (Å²) < 4.78 is 26.6. The van der Waals surface area contributed by atoms with E-state index >= 15 is 0 Å². The van der Waals surface area contributed by atoms with Gasteiger partial charge in [0, 0.05) is 6.04 Å². The molecule has 2 N–H and O–H groups in total. The minimum Gasteiger partial charge on any atom is -0.327 e. The minimum absolute atomic E-state index is 0.0659. The standard InChI is InChI=1S/C14H19F2N/c1-9-4-2-6-11(9)13(17)8-10-5-3-7-12(15)14(10)16/h3,5,7,9,11,13H,2,4,6,8,17H2,1H3. The van der Waals surface area contributed by atoms with Crippen molar-refractivity contribution in [3.8, 4) is 0 Å². The average Bonchev–Trinajstić information content (AvgIpc) is 2.71. The van der Waals surface area contributed by atoms with Crippen molar-refractivity contribution in [3.05, 3.63) is 35.4 Å². The van der Waals surface area contributed by atoms with Crippen LogP contribution in [0, 0.1) is 23.5 Å². The van der Waals surface area contributed by atoms with Crippen LogP contribution < -0.4 is 5.73 Å². The van der Waals surface area contributed by atoms with E-state index in [1.807, 2.05) is 0 Å². The van der Waals surface area contributed by atoms with Crippen LogP contribution in [0.3, 0.4) is 0 Å². The Morgan fingerprint density at radius 1 is 1.35 bits per heavy atom. The molecule has 0 aromatic heterocycles. The molecular weight excluding hydrogens is 220 g/mol. The molecule has 3 unspecified atom stereocenters. The maximum atomic E-state index is 13.5. The Kier molecular flexibility index (Phi) is 3.77. The van der Waals surface area contributed by atoms with Gasteiger partial charge in [0.25, 0.3) is 0 Å². The molecule has 1 aromatic rings. The van der Waals surface area contributed by atoms with E-state index in [2.05, 4.69) is 6.92 Å². The molecule has 94 valence electrons. The predicted octanol–water partition coefficient (Wildman–Crippen LogP) is 3.27. The summed E-state index contributed by atoms with van der Waals surface area (Å²) in [7, 11) is 0. The van der Waals surface area contributed by atoms with Crippen molar-refractivity contribution < 1.29 is 8.78 Å². The highest BCUT2D eigenvalue weighted by molar-refractivity contribution is 5.20. The first-order valence-electron chi connectivity index (χ1n) is 6.28. The number of hydrogen-bond acceptors (Lipinski definition) is 1. The summed E-state index contributed by atoms with van der Waals surface area (Å²) in [6, 6.07) is 4.24. The van der Waals surface area contributed by atoms with Gasteiger partial charge in [-0.3, -0.25) is 0 Å². The summed E-state index contributed by atoms with van der Waals surface area (Å²) in [6.07, 6.45) is 3.94. The molecule has 0 saturated heterocycles. The van der Waals surface area contributed by atoms with Crippen LogP contribution in [0.2, 0.25) is 0 Å². The van der Waals surface area contributed by atoms with Crippen LogP contribution in [0.4, 0.5) is 8.78 Å². The third-order valence-corrected chi connectivity index (χ3v) is 3.96. The molecule has 1 aliphatic carbocycles. The van der Waals surface area contributed by atoms with E-state index in [4.69, 9.17) is 5.73 Å². The fourth-order valence-electron chi connectivity index (χ4n) is 2.92. The minimum atomic E-state index is -0.783.